The van der Waals surface area contributed by atoms with Crippen molar-refractivity contribution in [2.45, 2.75) is 65.8 Å². The highest BCUT2D eigenvalue weighted by molar-refractivity contribution is 5.42. The van der Waals surface area contributed by atoms with Crippen molar-refractivity contribution in [1.82, 2.24) is 20.0 Å². The van der Waals surface area contributed by atoms with Gasteiger partial charge >= 0.3 is 0 Å². The number of hydrogen-bond donors (Lipinski definition) is 0. The Balaban J connectivity index is 1.75. The molecule has 0 saturated carbocycles. The highest BCUT2D eigenvalue weighted by Gasteiger charge is 2.26. The molecule has 1 fully saturated rings. The second kappa shape index (κ2) is 7.23. The van der Waals surface area contributed by atoms with E-state index in [1.165, 1.54) is 0 Å². The fraction of sp³-hybridized carbons (Fsp3) is 0.667. The number of hydrogen-bond acceptors (Lipinski definition) is 6. The first kappa shape index (κ1) is 19.8. The Morgan fingerprint density at radius 3 is 2.11 bits per heavy atom. The predicted molar refractivity (Wildman–Crippen MR) is 108 cm³/mol. The molecule has 6 nitrogen and oxygen atoms in total. The summed E-state index contributed by atoms with van der Waals surface area (Å²) >= 11 is 0. The number of aromatic nitrogens is 3. The predicted octanol–water partition coefficient (Wildman–Crippen LogP) is 3.69. The van der Waals surface area contributed by atoms with Crippen molar-refractivity contribution in [2.75, 3.05) is 31.1 Å². The molecule has 1 aliphatic heterocycles. The number of rotatable bonds is 3. The maximum atomic E-state index is 5.18. The Morgan fingerprint density at radius 2 is 1.59 bits per heavy atom. The zero-order valence-corrected chi connectivity index (χ0v) is 17.8. The normalized spacial score (nSPS) is 16.8. The van der Waals surface area contributed by atoms with E-state index in [1.807, 2.05) is 13.0 Å². The van der Waals surface area contributed by atoms with Gasteiger partial charge in [0.15, 0.2) is 0 Å². The molecule has 2 aromatic rings. The summed E-state index contributed by atoms with van der Waals surface area (Å²) in [6, 6.07) is 4.19. The van der Waals surface area contributed by atoms with Gasteiger partial charge in [-0.2, -0.15) is 0 Å². The van der Waals surface area contributed by atoms with E-state index in [0.717, 1.165) is 61.5 Å². The third-order valence-electron chi connectivity index (χ3n) is 4.91. The molecule has 0 radical (unpaired) electrons. The maximum absolute atomic E-state index is 5.18. The van der Waals surface area contributed by atoms with Crippen molar-refractivity contribution < 1.29 is 4.52 Å². The van der Waals surface area contributed by atoms with Crippen LogP contribution in [0.2, 0.25) is 0 Å². The number of nitrogens with zero attached hydrogens (tertiary/aromatic N) is 5. The summed E-state index contributed by atoms with van der Waals surface area (Å²) in [5.41, 5.74) is 2.05. The average molecular weight is 372 g/mol. The van der Waals surface area contributed by atoms with Crippen LogP contribution < -0.4 is 4.90 Å². The van der Waals surface area contributed by atoms with Gasteiger partial charge in [0.05, 0.1) is 11.4 Å². The van der Waals surface area contributed by atoms with Crippen LogP contribution in [-0.4, -0.2) is 46.2 Å². The largest absolute Gasteiger partial charge is 0.361 e. The van der Waals surface area contributed by atoms with E-state index in [9.17, 15) is 0 Å². The zero-order valence-electron chi connectivity index (χ0n) is 17.8. The molecule has 1 aliphatic rings. The lowest BCUT2D eigenvalue weighted by molar-refractivity contribution is 0.241. The lowest BCUT2D eigenvalue weighted by atomic mass is 9.90. The van der Waals surface area contributed by atoms with Crippen molar-refractivity contribution in [3.8, 4) is 0 Å². The van der Waals surface area contributed by atoms with Gasteiger partial charge in [-0.25, -0.2) is 9.97 Å². The van der Waals surface area contributed by atoms with Crippen LogP contribution in [0.3, 0.4) is 0 Å². The lowest BCUT2D eigenvalue weighted by Crippen LogP contribution is -2.46. The topological polar surface area (TPSA) is 58.3 Å². The van der Waals surface area contributed by atoms with Gasteiger partial charge in [0.2, 0.25) is 0 Å². The Bertz CT molecular complexity index is 744. The molecule has 0 spiro atoms. The smallest absolute Gasteiger partial charge is 0.136 e. The molecule has 3 heterocycles. The first-order chi connectivity index (χ1) is 12.5. The summed E-state index contributed by atoms with van der Waals surface area (Å²) in [5.74, 6) is 2.84. The Morgan fingerprint density at radius 1 is 0.926 bits per heavy atom. The van der Waals surface area contributed by atoms with Gasteiger partial charge in [0.1, 0.15) is 17.4 Å². The van der Waals surface area contributed by atoms with Crippen LogP contribution >= 0.6 is 0 Å². The van der Waals surface area contributed by atoms with Crippen molar-refractivity contribution in [3.63, 3.8) is 0 Å². The summed E-state index contributed by atoms with van der Waals surface area (Å²) < 4.78 is 5.18. The van der Waals surface area contributed by atoms with E-state index in [1.54, 1.807) is 0 Å². The first-order valence-electron chi connectivity index (χ1n) is 9.82. The van der Waals surface area contributed by atoms with E-state index in [4.69, 9.17) is 14.5 Å². The second-order valence-electron chi connectivity index (χ2n) is 9.63. The molecule has 3 rings (SSSR count). The summed E-state index contributed by atoms with van der Waals surface area (Å²) in [7, 11) is 0. The van der Waals surface area contributed by atoms with Crippen LogP contribution in [0.25, 0.3) is 0 Å². The number of anilines is 1. The average Bonchev–Trinajstić information content (AvgIpc) is 2.98. The summed E-state index contributed by atoms with van der Waals surface area (Å²) in [6.07, 6.45) is 0. The Kier molecular flexibility index (Phi) is 5.30. The van der Waals surface area contributed by atoms with Crippen LogP contribution in [0.15, 0.2) is 16.7 Å². The van der Waals surface area contributed by atoms with Gasteiger partial charge < -0.3 is 9.42 Å². The molecule has 27 heavy (non-hydrogen) atoms. The zero-order chi connectivity index (χ0) is 19.8. The number of aryl methyl sites for hydroxylation is 1. The van der Waals surface area contributed by atoms with Gasteiger partial charge in [-0.15, -0.1) is 0 Å². The van der Waals surface area contributed by atoms with Crippen LogP contribution in [0.1, 0.15) is 64.5 Å². The van der Waals surface area contributed by atoms with E-state index in [-0.39, 0.29) is 10.8 Å². The van der Waals surface area contributed by atoms with E-state index in [0.29, 0.717) is 0 Å². The third kappa shape index (κ3) is 4.86. The molecule has 1 saturated heterocycles. The molecule has 0 aliphatic carbocycles. The SMILES string of the molecule is Cc1cc(CN2CCN(c3cc(C(C)(C)C)nc(C(C)(C)C)n3)CC2)no1. The minimum absolute atomic E-state index is 0.00429. The number of piperazine rings is 1. The standard InChI is InChI=1S/C21H33N5O/c1-15-12-16(24-27-15)14-25-8-10-26(11-9-25)18-13-17(20(2,3)4)22-19(23-18)21(5,6)7/h12-13H,8-11,14H2,1-7H3. The van der Waals surface area contributed by atoms with Gasteiger partial charge in [-0.1, -0.05) is 46.7 Å². The van der Waals surface area contributed by atoms with Crippen LogP contribution in [0, 0.1) is 6.92 Å². The minimum atomic E-state index is -0.0668. The third-order valence-corrected chi connectivity index (χ3v) is 4.91. The van der Waals surface area contributed by atoms with Gasteiger partial charge in [-0.05, 0) is 6.92 Å². The fourth-order valence-corrected chi connectivity index (χ4v) is 3.17. The molecular formula is C21H33N5O. The lowest BCUT2D eigenvalue weighted by Gasteiger charge is -2.36. The summed E-state index contributed by atoms with van der Waals surface area (Å²) in [6.45, 7) is 19.8. The minimum Gasteiger partial charge on any atom is -0.361 e. The molecule has 0 N–H and O–H groups in total. The molecule has 0 amide bonds. The molecular weight excluding hydrogens is 338 g/mol. The molecule has 0 bridgehead atoms. The highest BCUT2D eigenvalue weighted by Crippen LogP contribution is 2.28. The fourth-order valence-electron chi connectivity index (χ4n) is 3.17. The summed E-state index contributed by atoms with van der Waals surface area (Å²) in [5, 5.41) is 4.11. The van der Waals surface area contributed by atoms with Gasteiger partial charge in [0, 0.05) is 55.7 Å². The summed E-state index contributed by atoms with van der Waals surface area (Å²) in [4.78, 5) is 14.6. The van der Waals surface area contributed by atoms with Crippen LogP contribution in [0.4, 0.5) is 5.82 Å². The highest BCUT2D eigenvalue weighted by atomic mass is 16.5. The quantitative estimate of drug-likeness (QED) is 0.820. The van der Waals surface area contributed by atoms with Crippen molar-refractivity contribution in [3.05, 3.63) is 35.1 Å². The Labute approximate surface area is 163 Å². The van der Waals surface area contributed by atoms with Crippen molar-refractivity contribution in [2.24, 2.45) is 0 Å². The van der Waals surface area contributed by atoms with Crippen molar-refractivity contribution >= 4 is 5.82 Å². The van der Waals surface area contributed by atoms with Gasteiger partial charge in [-0.3, -0.25) is 4.90 Å². The Hall–Kier alpha value is -1.95. The van der Waals surface area contributed by atoms with E-state index < -0.39 is 0 Å². The maximum Gasteiger partial charge on any atom is 0.136 e. The van der Waals surface area contributed by atoms with E-state index in [2.05, 4.69) is 62.6 Å². The molecule has 0 atom stereocenters. The van der Waals surface area contributed by atoms with Crippen molar-refractivity contribution in [1.29, 1.82) is 0 Å². The first-order valence-corrected chi connectivity index (χ1v) is 9.82. The van der Waals surface area contributed by atoms with Gasteiger partial charge in [0.25, 0.3) is 0 Å². The van der Waals surface area contributed by atoms with Crippen LogP contribution in [0.5, 0.6) is 0 Å². The van der Waals surface area contributed by atoms with E-state index >= 15 is 0 Å². The van der Waals surface area contributed by atoms with Crippen LogP contribution in [-0.2, 0) is 17.4 Å². The molecule has 0 aromatic carbocycles. The molecule has 0 unspecified atom stereocenters. The second-order valence-corrected chi connectivity index (χ2v) is 9.63. The molecule has 148 valence electrons. The molecule has 6 heteroatoms. The monoisotopic (exact) mass is 371 g/mol. The molecule has 2 aromatic heterocycles.